The first kappa shape index (κ1) is 13.2. The van der Waals surface area contributed by atoms with E-state index in [0.717, 1.165) is 0 Å². The van der Waals surface area contributed by atoms with Crippen LogP contribution < -0.4 is 10.6 Å². The summed E-state index contributed by atoms with van der Waals surface area (Å²) in [4.78, 5) is 25.9. The molecule has 0 saturated heterocycles. The van der Waals surface area contributed by atoms with Crippen LogP contribution in [0.4, 0.5) is 4.79 Å². The number of carbonyl (C=O) groups is 2. The smallest absolute Gasteiger partial charge is 0.408 e. The van der Waals surface area contributed by atoms with E-state index in [0.29, 0.717) is 5.56 Å². The van der Waals surface area contributed by atoms with Crippen molar-refractivity contribution in [2.75, 3.05) is 0 Å². The predicted octanol–water partition coefficient (Wildman–Crippen LogP) is 1.82. The SMILES string of the molecule is [2H]C([2H])([2H])C([2H])(C([2H])([2H])[2H])C([2H])([2H])C([2H])(NC(=O)OCc1ccccc1)C(=O)N[C@@H](CCC)C(O)S(=O)(=O)O. The van der Waals surface area contributed by atoms with E-state index in [1.807, 2.05) is 0 Å². The molecule has 0 bridgehead atoms. The minimum absolute atomic E-state index is 0.0505. The lowest BCUT2D eigenvalue weighted by molar-refractivity contribution is -0.124. The summed E-state index contributed by atoms with van der Waals surface area (Å²) in [5.74, 6) is -6.25. The number of aliphatic hydroxyl groups excluding tert-OH is 1. The summed E-state index contributed by atoms with van der Waals surface area (Å²) in [6, 6.07) is 1.91. The number of aliphatic hydroxyl groups is 1. The Morgan fingerprint density at radius 1 is 1.28 bits per heavy atom. The molecule has 1 aromatic rings. The first-order valence-electron chi connectivity index (χ1n) is 13.4. The first-order valence-corrected chi connectivity index (χ1v) is 9.92. The second-order valence-electron chi connectivity index (χ2n) is 5.84. The van der Waals surface area contributed by atoms with Gasteiger partial charge in [0.1, 0.15) is 12.6 Å². The van der Waals surface area contributed by atoms with E-state index in [-0.39, 0.29) is 6.42 Å². The summed E-state index contributed by atoms with van der Waals surface area (Å²) in [6.45, 7) is -7.06. The second-order valence-corrected chi connectivity index (χ2v) is 7.35. The third-order valence-electron chi connectivity index (χ3n) is 3.48. The molecular weight excluding hydrogens is 400 g/mol. The number of rotatable bonds is 11. The Morgan fingerprint density at radius 2 is 1.93 bits per heavy atom. The van der Waals surface area contributed by atoms with Gasteiger partial charge in [0, 0.05) is 12.3 Å². The molecule has 9 nitrogen and oxygen atoms in total. The number of hydrogen-bond donors (Lipinski definition) is 4. The minimum Gasteiger partial charge on any atom is -0.445 e. The van der Waals surface area contributed by atoms with Crippen LogP contribution in [-0.2, 0) is 26.3 Å². The van der Waals surface area contributed by atoms with Crippen molar-refractivity contribution in [2.24, 2.45) is 5.89 Å². The van der Waals surface area contributed by atoms with Crippen molar-refractivity contribution in [1.29, 1.82) is 0 Å². The van der Waals surface area contributed by atoms with Crippen molar-refractivity contribution in [2.45, 2.75) is 63.9 Å². The van der Waals surface area contributed by atoms with Gasteiger partial charge in [0.25, 0.3) is 10.1 Å². The monoisotopic (exact) mass is 440 g/mol. The summed E-state index contributed by atoms with van der Waals surface area (Å²) in [7, 11) is -5.23. The highest BCUT2D eigenvalue weighted by molar-refractivity contribution is 7.86. The van der Waals surface area contributed by atoms with Crippen LogP contribution in [0.1, 0.15) is 59.1 Å². The molecule has 0 aliphatic carbocycles. The highest BCUT2D eigenvalue weighted by Crippen LogP contribution is 2.11. The lowest BCUT2D eigenvalue weighted by Crippen LogP contribution is -2.54. The molecular formula is C19H30N2O7S. The van der Waals surface area contributed by atoms with Crippen LogP contribution in [0.2, 0.25) is 0 Å². The van der Waals surface area contributed by atoms with Gasteiger partial charge in [0.15, 0.2) is 0 Å². The number of nitrogens with one attached hydrogen (secondary N) is 2. The van der Waals surface area contributed by atoms with Crippen molar-refractivity contribution in [3.63, 3.8) is 0 Å². The van der Waals surface area contributed by atoms with Crippen LogP contribution in [0, 0.1) is 5.89 Å². The average Bonchev–Trinajstić information content (AvgIpc) is 2.79. The van der Waals surface area contributed by atoms with Crippen LogP contribution >= 0.6 is 0 Å². The molecule has 4 N–H and O–H groups in total. The van der Waals surface area contributed by atoms with E-state index in [2.05, 4.69) is 0 Å². The van der Waals surface area contributed by atoms with Crippen molar-refractivity contribution in [3.05, 3.63) is 35.9 Å². The zero-order valence-corrected chi connectivity index (χ0v) is 16.3. The molecule has 29 heavy (non-hydrogen) atoms. The average molecular weight is 441 g/mol. The fraction of sp³-hybridized carbons (Fsp3) is 0.579. The minimum atomic E-state index is -5.23. The van der Waals surface area contributed by atoms with Crippen LogP contribution in [0.15, 0.2) is 30.3 Å². The van der Waals surface area contributed by atoms with Gasteiger partial charge in [-0.1, -0.05) is 57.4 Å². The van der Waals surface area contributed by atoms with E-state index >= 15 is 0 Å². The number of hydrogen-bond acceptors (Lipinski definition) is 6. The Bertz CT molecular complexity index is 1100. The zero-order valence-electron chi connectivity index (χ0n) is 25.5. The van der Waals surface area contributed by atoms with Crippen LogP contribution in [0.3, 0.4) is 0 Å². The number of ether oxygens (including phenoxy) is 1. The van der Waals surface area contributed by atoms with Gasteiger partial charge < -0.3 is 20.5 Å². The molecule has 0 aromatic heterocycles. The van der Waals surface area contributed by atoms with E-state index in [4.69, 9.17) is 18.4 Å². The molecule has 0 heterocycles. The fourth-order valence-electron chi connectivity index (χ4n) is 2.18. The summed E-state index contributed by atoms with van der Waals surface area (Å²) in [5.41, 5.74) is -2.30. The Balaban J connectivity index is 3.66. The van der Waals surface area contributed by atoms with Crippen molar-refractivity contribution in [3.8, 4) is 0 Å². The maximum Gasteiger partial charge on any atom is 0.408 e. The number of benzene rings is 1. The van der Waals surface area contributed by atoms with Crippen molar-refractivity contribution in [1.82, 2.24) is 10.6 Å². The van der Waals surface area contributed by atoms with Gasteiger partial charge in [0.2, 0.25) is 11.3 Å². The topological polar surface area (TPSA) is 142 Å². The molecule has 2 amide bonds. The highest BCUT2D eigenvalue weighted by Gasteiger charge is 2.33. The van der Waals surface area contributed by atoms with E-state index in [1.54, 1.807) is 23.5 Å². The van der Waals surface area contributed by atoms with Gasteiger partial charge in [-0.2, -0.15) is 8.42 Å². The van der Waals surface area contributed by atoms with E-state index < -0.39 is 78.6 Å². The van der Waals surface area contributed by atoms with Crippen LogP contribution in [-0.4, -0.2) is 47.6 Å². The lowest BCUT2D eigenvalue weighted by Gasteiger charge is -2.26. The van der Waals surface area contributed by atoms with Gasteiger partial charge in [-0.25, -0.2) is 4.79 Å². The predicted molar refractivity (Wildman–Crippen MR) is 107 cm³/mol. The standard InChI is InChI=1S/C19H30N2O7S/c1-4-8-15(18(23)29(25,26)27)20-17(22)16(11-13(2)3)21-19(24)28-12-14-9-6-5-7-10-14/h5-7,9-10,13,15-16,18,23H,4,8,11-12H2,1-3H3,(H,20,22)(H,21,24)(H,25,26,27)/t15-,16?,18?/m0/s1/i2D3,3D3,11D2,13D,16D. The lowest BCUT2D eigenvalue weighted by atomic mass is 10.0. The summed E-state index contributed by atoms with van der Waals surface area (Å²) < 4.78 is 116. The van der Waals surface area contributed by atoms with Crippen LogP contribution in [0.5, 0.6) is 0 Å². The molecule has 3 atom stereocenters. The number of carbonyl (C=O) groups excluding carboxylic acids is 2. The first-order chi connectivity index (χ1) is 17.5. The third-order valence-corrected chi connectivity index (χ3v) is 4.42. The quantitative estimate of drug-likeness (QED) is 0.384. The largest absolute Gasteiger partial charge is 0.445 e. The Hall–Kier alpha value is -2.17. The van der Waals surface area contributed by atoms with Crippen molar-refractivity contribution >= 4 is 22.1 Å². The number of amides is 2. The summed E-state index contributed by atoms with van der Waals surface area (Å²) >= 11 is 0. The maximum atomic E-state index is 13.3. The van der Waals surface area contributed by atoms with Gasteiger partial charge >= 0.3 is 6.09 Å². The highest BCUT2D eigenvalue weighted by atomic mass is 32.2. The second kappa shape index (κ2) is 11.7. The molecule has 0 aliphatic heterocycles. The molecule has 164 valence electrons. The molecule has 1 aromatic carbocycles. The van der Waals surface area contributed by atoms with Crippen molar-refractivity contribution < 1.29 is 46.1 Å². The van der Waals surface area contributed by atoms with Gasteiger partial charge in [-0.3, -0.25) is 9.35 Å². The Morgan fingerprint density at radius 3 is 2.48 bits per heavy atom. The maximum absolute atomic E-state index is 13.3. The van der Waals surface area contributed by atoms with Gasteiger partial charge in [-0.05, 0) is 24.3 Å². The molecule has 0 spiro atoms. The molecule has 0 radical (unpaired) electrons. The van der Waals surface area contributed by atoms with Gasteiger partial charge in [0.05, 0.1) is 7.41 Å². The third kappa shape index (κ3) is 9.25. The molecule has 2 unspecified atom stereocenters. The Labute approximate surface area is 185 Å². The molecule has 0 saturated carbocycles. The summed E-state index contributed by atoms with van der Waals surface area (Å²) in [6.07, 6.45) is -6.32. The Kier molecular flexibility index (Phi) is 5.34. The van der Waals surface area contributed by atoms with Gasteiger partial charge in [-0.15, -0.1) is 0 Å². The molecule has 0 fully saturated rings. The summed E-state index contributed by atoms with van der Waals surface area (Å²) in [5, 5.41) is 13.2. The zero-order chi connectivity index (χ0) is 30.7. The molecule has 1 rings (SSSR count). The number of alkyl carbamates (subject to hydrolysis) is 1. The normalized spacial score (nSPS) is 22.6. The fourth-order valence-corrected chi connectivity index (χ4v) is 2.80. The van der Waals surface area contributed by atoms with E-state index in [9.17, 15) is 27.7 Å². The molecule has 10 heteroatoms. The molecule has 0 aliphatic rings. The van der Waals surface area contributed by atoms with Crippen LogP contribution in [0.25, 0.3) is 0 Å². The van der Waals surface area contributed by atoms with E-state index in [1.165, 1.54) is 24.4 Å².